The predicted octanol–water partition coefficient (Wildman–Crippen LogP) is 0.937. The van der Waals surface area contributed by atoms with Gasteiger partial charge in [0.25, 0.3) is 0 Å². The number of hydrogen-bond donors (Lipinski definition) is 4. The van der Waals surface area contributed by atoms with E-state index in [2.05, 4.69) is 21.3 Å². The van der Waals surface area contributed by atoms with Crippen LogP contribution < -0.4 is 21.3 Å². The van der Waals surface area contributed by atoms with Crippen molar-refractivity contribution >= 4 is 29.4 Å². The number of hydrogen-bond acceptors (Lipinski definition) is 7. The maximum Gasteiger partial charge on any atom is 0.319 e. The van der Waals surface area contributed by atoms with Gasteiger partial charge in [0.05, 0.1) is 26.4 Å². The summed E-state index contributed by atoms with van der Waals surface area (Å²) in [5.74, 6) is -3.86. The average molecular weight is 595 g/mol. The molecule has 4 N–H and O–H groups in total. The first-order valence-electron chi connectivity index (χ1n) is 14.4. The molecule has 0 bridgehead atoms. The number of urea groups is 1. The summed E-state index contributed by atoms with van der Waals surface area (Å²) < 4.78 is 38.2. The molecule has 0 unspecified atom stereocenters. The fraction of sp³-hybridized carbons (Fsp3) is 0.643. The Morgan fingerprint density at radius 1 is 1.00 bits per heavy atom. The van der Waals surface area contributed by atoms with E-state index in [-0.39, 0.29) is 90.0 Å². The number of benzene rings is 1. The first-order valence-corrected chi connectivity index (χ1v) is 14.4. The highest BCUT2D eigenvalue weighted by Crippen LogP contribution is 2.33. The molecule has 12 nitrogen and oxygen atoms in total. The van der Waals surface area contributed by atoms with E-state index in [0.29, 0.717) is 24.9 Å². The second-order valence-corrected chi connectivity index (χ2v) is 10.8. The van der Waals surface area contributed by atoms with E-state index in [1.165, 1.54) is 9.80 Å². The van der Waals surface area contributed by atoms with Crippen molar-refractivity contribution in [3.8, 4) is 0 Å². The number of rotatable bonds is 6. The van der Waals surface area contributed by atoms with Crippen molar-refractivity contribution < 1.29 is 37.4 Å². The molecular weight excluding hydrogens is 554 g/mol. The number of carbonyl (C=O) groups is 4. The maximum absolute atomic E-state index is 13.6. The van der Waals surface area contributed by atoms with E-state index in [1.807, 2.05) is 6.07 Å². The van der Waals surface area contributed by atoms with Crippen LogP contribution in [0.2, 0.25) is 0 Å². The molecule has 3 aliphatic rings. The van der Waals surface area contributed by atoms with Crippen molar-refractivity contribution in [2.45, 2.75) is 56.2 Å². The maximum atomic E-state index is 13.6. The van der Waals surface area contributed by atoms with Gasteiger partial charge in [0, 0.05) is 56.8 Å². The molecule has 0 spiro atoms. The second kappa shape index (κ2) is 15.2. The summed E-state index contributed by atoms with van der Waals surface area (Å²) in [5, 5.41) is 11.6. The Balaban J connectivity index is 1.39. The summed E-state index contributed by atoms with van der Waals surface area (Å²) in [7, 11) is 0. The van der Waals surface area contributed by atoms with Crippen LogP contribution in [0.25, 0.3) is 0 Å². The number of amides is 5. The summed E-state index contributed by atoms with van der Waals surface area (Å²) in [4.78, 5) is 54.7. The van der Waals surface area contributed by atoms with Gasteiger partial charge in [-0.05, 0) is 31.4 Å². The van der Waals surface area contributed by atoms with Crippen LogP contribution in [0.15, 0.2) is 30.3 Å². The van der Waals surface area contributed by atoms with Crippen LogP contribution >= 0.6 is 0 Å². The number of fused-ring (bicyclic) bond motifs is 1. The van der Waals surface area contributed by atoms with E-state index >= 15 is 0 Å². The predicted molar refractivity (Wildman–Crippen MR) is 149 cm³/mol. The molecule has 14 heteroatoms. The van der Waals surface area contributed by atoms with Crippen molar-refractivity contribution in [2.75, 3.05) is 64.5 Å². The van der Waals surface area contributed by atoms with Gasteiger partial charge in [-0.25, -0.2) is 13.6 Å². The third-order valence-electron chi connectivity index (χ3n) is 7.63. The van der Waals surface area contributed by atoms with Crippen LogP contribution in [-0.4, -0.2) is 117 Å². The van der Waals surface area contributed by atoms with Crippen molar-refractivity contribution in [2.24, 2.45) is 0 Å². The van der Waals surface area contributed by atoms with Gasteiger partial charge in [-0.2, -0.15) is 0 Å². The van der Waals surface area contributed by atoms with Crippen LogP contribution in [0, 0.1) is 0 Å². The zero-order chi connectivity index (χ0) is 30.0. The number of nitrogens with zero attached hydrogens (tertiary/aromatic N) is 2. The van der Waals surface area contributed by atoms with Gasteiger partial charge in [0.1, 0.15) is 12.6 Å². The standard InChI is InChI=1S/C28H40F2N6O6/c29-28(30)8-6-21(7-9-28)33-22-16-23-26(39)31-11-13-41-14-15-42-19-25(38)35(18-24(37)36(23)17-22)12-10-32-27(40)34-20-4-2-1-3-5-20/h1-5,21-23,33H,6-19H2,(H,31,39)(H2,32,34,40)/t22-,23-/m0/s1. The van der Waals surface area contributed by atoms with Gasteiger partial charge < -0.3 is 40.5 Å². The Morgan fingerprint density at radius 2 is 1.74 bits per heavy atom. The number of para-hydroxylation sites is 1. The van der Waals surface area contributed by atoms with Crippen LogP contribution in [0.4, 0.5) is 19.3 Å². The topological polar surface area (TPSA) is 141 Å². The minimum atomic E-state index is -2.65. The number of halogens is 2. The summed E-state index contributed by atoms with van der Waals surface area (Å²) in [6.45, 7) is 0.600. The highest BCUT2D eigenvalue weighted by molar-refractivity contribution is 5.91. The van der Waals surface area contributed by atoms with E-state index in [0.717, 1.165) is 0 Å². The number of carbonyl (C=O) groups excluding carboxylic acids is 4. The van der Waals surface area contributed by atoms with Gasteiger partial charge in [-0.15, -0.1) is 0 Å². The molecule has 0 radical (unpaired) electrons. The fourth-order valence-electron chi connectivity index (χ4n) is 5.40. The average Bonchev–Trinajstić information content (AvgIpc) is 3.39. The summed E-state index contributed by atoms with van der Waals surface area (Å²) in [6.07, 6.45) is 0.572. The zero-order valence-electron chi connectivity index (χ0n) is 23.6. The Morgan fingerprint density at radius 3 is 2.50 bits per heavy atom. The van der Waals surface area contributed by atoms with Crippen LogP contribution in [-0.2, 0) is 23.9 Å². The quantitative estimate of drug-likeness (QED) is 0.384. The molecule has 1 saturated carbocycles. The van der Waals surface area contributed by atoms with E-state index in [4.69, 9.17) is 9.47 Å². The van der Waals surface area contributed by atoms with Crippen LogP contribution in [0.3, 0.4) is 0 Å². The molecule has 2 saturated heterocycles. The molecule has 3 fully saturated rings. The van der Waals surface area contributed by atoms with Crippen molar-refractivity contribution in [1.29, 1.82) is 0 Å². The lowest BCUT2D eigenvalue weighted by Crippen LogP contribution is -2.51. The fourth-order valence-corrected chi connectivity index (χ4v) is 5.40. The van der Waals surface area contributed by atoms with E-state index < -0.39 is 29.8 Å². The highest BCUT2D eigenvalue weighted by atomic mass is 19.3. The molecule has 0 aromatic heterocycles. The molecule has 4 rings (SSSR count). The Kier molecular flexibility index (Phi) is 11.4. The minimum Gasteiger partial charge on any atom is -0.377 e. The van der Waals surface area contributed by atoms with E-state index in [1.54, 1.807) is 24.3 Å². The largest absolute Gasteiger partial charge is 0.377 e. The zero-order valence-corrected chi connectivity index (χ0v) is 23.6. The second-order valence-electron chi connectivity index (χ2n) is 10.8. The van der Waals surface area contributed by atoms with Gasteiger partial charge in [0.2, 0.25) is 23.6 Å². The number of anilines is 1. The molecule has 5 amide bonds. The summed E-state index contributed by atoms with van der Waals surface area (Å²) in [6, 6.07) is 7.24. The van der Waals surface area contributed by atoms with Crippen molar-refractivity contribution in [3.63, 3.8) is 0 Å². The molecule has 2 heterocycles. The molecule has 2 atom stereocenters. The van der Waals surface area contributed by atoms with Gasteiger partial charge >= 0.3 is 6.03 Å². The number of ether oxygens (including phenoxy) is 2. The summed E-state index contributed by atoms with van der Waals surface area (Å²) in [5.41, 5.74) is 0.606. The number of nitrogens with one attached hydrogen (secondary N) is 4. The lowest BCUT2D eigenvalue weighted by atomic mass is 9.91. The van der Waals surface area contributed by atoms with E-state index in [9.17, 15) is 28.0 Å². The Labute approximate surface area is 243 Å². The monoisotopic (exact) mass is 594 g/mol. The van der Waals surface area contributed by atoms with Crippen molar-refractivity contribution in [1.82, 2.24) is 25.8 Å². The smallest absolute Gasteiger partial charge is 0.319 e. The normalized spacial score (nSPS) is 24.8. The number of alkyl halides is 2. The van der Waals surface area contributed by atoms with Gasteiger partial charge in [-0.1, -0.05) is 18.2 Å². The molecule has 232 valence electrons. The van der Waals surface area contributed by atoms with Gasteiger partial charge in [0.15, 0.2) is 0 Å². The first kappa shape index (κ1) is 31.6. The SMILES string of the molecule is O=C(NCCN1CC(=O)N2C[C@@H](NC3CCC(F)(F)CC3)C[C@H]2C(=O)NCCOCCOCC1=O)Nc1ccccc1. The molecular formula is C28H40F2N6O6. The van der Waals surface area contributed by atoms with Gasteiger partial charge in [-0.3, -0.25) is 14.4 Å². The molecule has 1 aliphatic carbocycles. The Hall–Kier alpha value is -3.36. The van der Waals surface area contributed by atoms with Crippen LogP contribution in [0.5, 0.6) is 0 Å². The molecule has 1 aromatic rings. The third kappa shape index (κ3) is 9.60. The lowest BCUT2D eigenvalue weighted by Gasteiger charge is -2.31. The third-order valence-corrected chi connectivity index (χ3v) is 7.63. The molecule has 1 aromatic carbocycles. The van der Waals surface area contributed by atoms with Crippen LogP contribution in [0.1, 0.15) is 32.1 Å². The van der Waals surface area contributed by atoms with Crippen molar-refractivity contribution in [3.05, 3.63) is 30.3 Å². The Bertz CT molecular complexity index is 1070. The molecule has 42 heavy (non-hydrogen) atoms. The lowest BCUT2D eigenvalue weighted by molar-refractivity contribution is -0.145. The first-order chi connectivity index (χ1) is 20.2. The summed E-state index contributed by atoms with van der Waals surface area (Å²) >= 11 is 0. The molecule has 2 aliphatic heterocycles. The minimum absolute atomic E-state index is 0.0370. The highest BCUT2D eigenvalue weighted by Gasteiger charge is 2.42.